The van der Waals surface area contributed by atoms with Gasteiger partial charge in [0, 0.05) is 13.0 Å². The van der Waals surface area contributed by atoms with E-state index in [1.165, 1.54) is 24.3 Å². The van der Waals surface area contributed by atoms with Gasteiger partial charge in [0.15, 0.2) is 0 Å². The van der Waals surface area contributed by atoms with E-state index in [9.17, 15) is 16.8 Å². The van der Waals surface area contributed by atoms with Crippen LogP contribution in [0, 0.1) is 6.92 Å². The molecular weight excluding hydrogens is 426 g/mol. The van der Waals surface area contributed by atoms with Crippen molar-refractivity contribution in [3.05, 3.63) is 54.1 Å². The largest absolute Gasteiger partial charge is 0.488 e. The highest BCUT2D eigenvalue weighted by molar-refractivity contribution is 7.89. The average molecular weight is 456 g/mol. The van der Waals surface area contributed by atoms with E-state index < -0.39 is 25.7 Å². The Balaban J connectivity index is 1.94. The third-order valence-electron chi connectivity index (χ3n) is 4.32. The van der Waals surface area contributed by atoms with E-state index in [-0.39, 0.29) is 16.4 Å². The summed E-state index contributed by atoms with van der Waals surface area (Å²) >= 11 is 0. The number of aryl methyl sites for hydroxylation is 1. The zero-order valence-electron chi connectivity index (χ0n) is 17.7. The number of rotatable bonds is 11. The number of ether oxygens (including phenoxy) is 1. The summed E-state index contributed by atoms with van der Waals surface area (Å²) in [7, 11) is -7.37. The molecule has 0 bridgehead atoms. The fraction of sp³-hybridized carbons (Fsp3) is 0.429. The molecule has 166 valence electrons. The van der Waals surface area contributed by atoms with E-state index in [0.29, 0.717) is 25.1 Å². The maximum atomic E-state index is 12.3. The van der Waals surface area contributed by atoms with Crippen molar-refractivity contribution in [2.24, 2.45) is 0 Å². The van der Waals surface area contributed by atoms with Crippen molar-refractivity contribution in [2.75, 3.05) is 13.2 Å². The molecule has 0 aliphatic rings. The van der Waals surface area contributed by atoms with Gasteiger partial charge in [0.2, 0.25) is 10.0 Å². The van der Waals surface area contributed by atoms with Crippen molar-refractivity contribution in [3.8, 4) is 5.75 Å². The van der Waals surface area contributed by atoms with Crippen molar-refractivity contribution >= 4 is 20.1 Å². The van der Waals surface area contributed by atoms with Crippen LogP contribution in [-0.4, -0.2) is 35.6 Å². The third kappa shape index (κ3) is 7.09. The Morgan fingerprint density at radius 1 is 0.900 bits per heavy atom. The second-order valence-corrected chi connectivity index (χ2v) is 11.0. The van der Waals surface area contributed by atoms with Crippen LogP contribution in [0.15, 0.2) is 58.3 Å². The molecule has 0 heterocycles. The Labute approximate surface area is 179 Å². The van der Waals surface area contributed by atoms with Gasteiger partial charge in [-0.1, -0.05) is 24.6 Å². The van der Waals surface area contributed by atoms with Crippen molar-refractivity contribution in [1.82, 2.24) is 4.72 Å². The first-order valence-corrected chi connectivity index (χ1v) is 12.6. The Morgan fingerprint density at radius 2 is 1.47 bits per heavy atom. The van der Waals surface area contributed by atoms with E-state index >= 15 is 0 Å². The monoisotopic (exact) mass is 455 g/mol. The lowest BCUT2D eigenvalue weighted by Gasteiger charge is -2.26. The van der Waals surface area contributed by atoms with Gasteiger partial charge in [0.05, 0.1) is 16.4 Å². The molecule has 0 aliphatic carbocycles. The number of benzene rings is 2. The Kier molecular flexibility index (Phi) is 8.04. The normalized spacial score (nSPS) is 12.7. The zero-order chi connectivity index (χ0) is 22.4. The molecule has 0 unspecified atom stereocenters. The summed E-state index contributed by atoms with van der Waals surface area (Å²) in [6.07, 6.45) is 1.02. The summed E-state index contributed by atoms with van der Waals surface area (Å²) in [6, 6.07) is 12.5. The number of nitrogens with one attached hydrogen (secondary N) is 1. The highest BCUT2D eigenvalue weighted by atomic mass is 32.2. The van der Waals surface area contributed by atoms with E-state index in [1.807, 2.05) is 27.7 Å². The lowest BCUT2D eigenvalue weighted by atomic mass is 10.1. The topological polar surface area (TPSA) is 98.8 Å². The number of hydrogen-bond acceptors (Lipinski definition) is 6. The smallest absolute Gasteiger partial charge is 0.296 e. The van der Waals surface area contributed by atoms with Gasteiger partial charge in [0.25, 0.3) is 10.1 Å². The van der Waals surface area contributed by atoms with Gasteiger partial charge >= 0.3 is 0 Å². The van der Waals surface area contributed by atoms with Gasteiger partial charge in [-0.25, -0.2) is 13.1 Å². The van der Waals surface area contributed by atoms with Crippen LogP contribution in [0.1, 0.15) is 39.2 Å². The zero-order valence-corrected chi connectivity index (χ0v) is 19.3. The molecule has 2 aromatic rings. The molecule has 0 fully saturated rings. The predicted octanol–water partition coefficient (Wildman–Crippen LogP) is 3.64. The summed E-state index contributed by atoms with van der Waals surface area (Å²) in [6.45, 7) is 7.71. The van der Waals surface area contributed by atoms with Crippen LogP contribution in [0.4, 0.5) is 0 Å². The minimum atomic E-state index is -3.83. The molecule has 30 heavy (non-hydrogen) atoms. The molecule has 0 atom stereocenters. The SMILES string of the molecule is CCCNS(=O)(=O)c1ccc(OC(C)(C)CCOS(=O)(=O)c2ccc(C)cc2)cc1. The summed E-state index contributed by atoms with van der Waals surface area (Å²) < 4.78 is 62.3. The standard InChI is InChI=1S/C21H29NO6S2/c1-5-15-22-29(23,24)19-12-8-18(9-13-19)28-21(3,4)14-16-27-30(25,26)20-10-6-17(2)7-11-20/h6-13,22H,5,14-16H2,1-4H3. The van der Waals surface area contributed by atoms with Gasteiger partial charge in [-0.3, -0.25) is 4.18 Å². The van der Waals surface area contributed by atoms with Gasteiger partial charge in [-0.2, -0.15) is 8.42 Å². The number of sulfonamides is 1. The van der Waals surface area contributed by atoms with E-state index in [4.69, 9.17) is 8.92 Å². The lowest BCUT2D eigenvalue weighted by Crippen LogP contribution is -2.30. The highest BCUT2D eigenvalue weighted by Gasteiger charge is 2.23. The van der Waals surface area contributed by atoms with Crippen LogP contribution in [0.25, 0.3) is 0 Å². The predicted molar refractivity (Wildman–Crippen MR) is 116 cm³/mol. The van der Waals surface area contributed by atoms with Gasteiger partial charge < -0.3 is 4.74 Å². The van der Waals surface area contributed by atoms with Crippen molar-refractivity contribution in [1.29, 1.82) is 0 Å². The van der Waals surface area contributed by atoms with Crippen LogP contribution >= 0.6 is 0 Å². The first-order chi connectivity index (χ1) is 14.0. The summed E-state index contributed by atoms with van der Waals surface area (Å²) in [5.74, 6) is 0.482. The number of hydrogen-bond donors (Lipinski definition) is 1. The van der Waals surface area contributed by atoms with Crippen molar-refractivity contribution in [2.45, 2.75) is 55.9 Å². The van der Waals surface area contributed by atoms with Gasteiger partial charge in [-0.05, 0) is 63.6 Å². The fourth-order valence-electron chi connectivity index (χ4n) is 2.55. The van der Waals surface area contributed by atoms with E-state index in [0.717, 1.165) is 5.56 Å². The minimum absolute atomic E-state index is 0.0450. The first kappa shape index (κ1) is 24.3. The molecule has 1 N–H and O–H groups in total. The van der Waals surface area contributed by atoms with Crippen LogP contribution < -0.4 is 9.46 Å². The second kappa shape index (κ2) is 9.91. The van der Waals surface area contributed by atoms with Crippen LogP contribution in [0.3, 0.4) is 0 Å². The molecule has 0 aromatic heterocycles. The van der Waals surface area contributed by atoms with Crippen molar-refractivity contribution < 1.29 is 25.8 Å². The highest BCUT2D eigenvalue weighted by Crippen LogP contribution is 2.24. The Hall–Kier alpha value is -1.94. The summed E-state index contributed by atoms with van der Waals surface area (Å²) in [5.41, 5.74) is 0.243. The van der Waals surface area contributed by atoms with Crippen LogP contribution in [-0.2, 0) is 24.3 Å². The Bertz CT molecular complexity index is 1030. The molecular formula is C21H29NO6S2. The maximum Gasteiger partial charge on any atom is 0.296 e. The van der Waals surface area contributed by atoms with Crippen LogP contribution in [0.2, 0.25) is 0 Å². The molecule has 2 aromatic carbocycles. The Morgan fingerprint density at radius 3 is 2.03 bits per heavy atom. The van der Waals surface area contributed by atoms with Crippen LogP contribution in [0.5, 0.6) is 5.75 Å². The fourth-order valence-corrected chi connectivity index (χ4v) is 4.59. The third-order valence-corrected chi connectivity index (χ3v) is 7.13. The van der Waals surface area contributed by atoms with Gasteiger partial charge in [0.1, 0.15) is 11.4 Å². The first-order valence-electron chi connectivity index (χ1n) is 9.70. The molecule has 7 nitrogen and oxygen atoms in total. The quantitative estimate of drug-likeness (QED) is 0.520. The minimum Gasteiger partial charge on any atom is -0.488 e. The molecule has 0 radical (unpaired) electrons. The lowest BCUT2D eigenvalue weighted by molar-refractivity contribution is 0.0822. The molecule has 0 amide bonds. The van der Waals surface area contributed by atoms with E-state index in [2.05, 4.69) is 4.72 Å². The molecule has 0 saturated heterocycles. The van der Waals surface area contributed by atoms with Gasteiger partial charge in [-0.15, -0.1) is 0 Å². The summed E-state index contributed by atoms with van der Waals surface area (Å²) in [5, 5.41) is 0. The molecule has 0 saturated carbocycles. The van der Waals surface area contributed by atoms with Crippen molar-refractivity contribution in [3.63, 3.8) is 0 Å². The molecule has 2 rings (SSSR count). The second-order valence-electron chi connectivity index (χ2n) is 7.57. The van der Waals surface area contributed by atoms with E-state index in [1.54, 1.807) is 24.3 Å². The molecule has 0 aliphatic heterocycles. The summed E-state index contributed by atoms with van der Waals surface area (Å²) in [4.78, 5) is 0.272. The maximum absolute atomic E-state index is 12.3. The average Bonchev–Trinajstić information content (AvgIpc) is 2.66. The molecule has 0 spiro atoms. The molecule has 9 heteroatoms.